The van der Waals surface area contributed by atoms with Crippen LogP contribution in [0.2, 0.25) is 0 Å². The lowest BCUT2D eigenvalue weighted by molar-refractivity contribution is -0.133. The first-order valence-electron chi connectivity index (χ1n) is 9.26. The van der Waals surface area contributed by atoms with Crippen LogP contribution in [0, 0.1) is 17.0 Å². The molecule has 2 aromatic carbocycles. The van der Waals surface area contributed by atoms with Crippen molar-refractivity contribution in [1.29, 1.82) is 5.41 Å². The molecule has 3 rings (SSSR count). The Balaban J connectivity index is 1.79. The van der Waals surface area contributed by atoms with Crippen molar-refractivity contribution in [1.82, 2.24) is 5.32 Å². The van der Waals surface area contributed by atoms with Crippen molar-refractivity contribution in [2.75, 3.05) is 6.61 Å². The normalized spacial score (nSPS) is 11.8. The number of furan rings is 1. The quantitative estimate of drug-likeness (QED) is 0.385. The Morgan fingerprint density at radius 2 is 1.87 bits per heavy atom. The molecule has 0 bridgehead atoms. The third kappa shape index (κ3) is 4.72. The second-order valence-corrected chi connectivity index (χ2v) is 6.49. The first-order chi connectivity index (χ1) is 14.4. The van der Waals surface area contributed by atoms with E-state index in [0.717, 1.165) is 17.7 Å². The molecule has 1 amide bonds. The van der Waals surface area contributed by atoms with Gasteiger partial charge in [0.25, 0.3) is 5.91 Å². The van der Waals surface area contributed by atoms with Gasteiger partial charge in [-0.3, -0.25) is 10.2 Å². The van der Waals surface area contributed by atoms with E-state index >= 15 is 0 Å². The number of halogens is 2. The number of ether oxygens (including phenoxy) is 1. The molecule has 0 saturated heterocycles. The van der Waals surface area contributed by atoms with Crippen molar-refractivity contribution in [2.24, 2.45) is 5.73 Å². The van der Waals surface area contributed by atoms with Crippen LogP contribution in [-0.4, -0.2) is 18.3 Å². The number of rotatable bonds is 8. The highest BCUT2D eigenvalue weighted by atomic mass is 19.1. The van der Waals surface area contributed by atoms with Crippen LogP contribution in [0.1, 0.15) is 29.7 Å². The predicted molar refractivity (Wildman–Crippen MR) is 108 cm³/mol. The number of amides is 1. The fraction of sp³-hybridized carbons (Fsp3) is 0.182. The Morgan fingerprint density at radius 1 is 1.20 bits per heavy atom. The van der Waals surface area contributed by atoms with Crippen LogP contribution in [0.15, 0.2) is 59.2 Å². The summed E-state index contributed by atoms with van der Waals surface area (Å²) in [6.07, 6.45) is -0.0459. The first-order valence-corrected chi connectivity index (χ1v) is 9.26. The number of amidine groups is 1. The molecule has 1 unspecified atom stereocenters. The summed E-state index contributed by atoms with van der Waals surface area (Å²) in [4.78, 5) is 12.7. The molecule has 0 aliphatic rings. The van der Waals surface area contributed by atoms with Gasteiger partial charge in [0.05, 0.1) is 11.8 Å². The monoisotopic (exact) mass is 413 g/mol. The van der Waals surface area contributed by atoms with Crippen molar-refractivity contribution in [3.63, 3.8) is 0 Å². The van der Waals surface area contributed by atoms with Crippen LogP contribution in [-0.2, 0) is 16.1 Å². The zero-order chi connectivity index (χ0) is 21.7. The molecule has 1 atom stereocenters. The summed E-state index contributed by atoms with van der Waals surface area (Å²) in [6.45, 7) is 1.84. The number of nitrogens with two attached hydrogens (primary N) is 1. The zero-order valence-corrected chi connectivity index (χ0v) is 16.2. The molecular formula is C22H21F2N3O3. The molecule has 3 aromatic rings. The Bertz CT molecular complexity index is 1010. The lowest BCUT2D eigenvalue weighted by atomic mass is 10.0. The first kappa shape index (κ1) is 21.2. The lowest BCUT2D eigenvalue weighted by Crippen LogP contribution is -2.31. The number of hydrogen-bond donors (Lipinski definition) is 3. The summed E-state index contributed by atoms with van der Waals surface area (Å²) in [5, 5.41) is 10.0. The molecule has 30 heavy (non-hydrogen) atoms. The molecule has 0 aliphatic carbocycles. The molecule has 4 N–H and O–H groups in total. The second kappa shape index (κ2) is 9.32. The van der Waals surface area contributed by atoms with Gasteiger partial charge in [-0.15, -0.1) is 0 Å². The van der Waals surface area contributed by atoms with Gasteiger partial charge in [0, 0.05) is 24.3 Å². The van der Waals surface area contributed by atoms with E-state index in [1.54, 1.807) is 43.3 Å². The minimum Gasteiger partial charge on any atom is -0.464 e. The summed E-state index contributed by atoms with van der Waals surface area (Å²) >= 11 is 0. The average molecular weight is 413 g/mol. The number of nitrogens with one attached hydrogen (secondary N) is 2. The highest BCUT2D eigenvalue weighted by Gasteiger charge is 2.28. The number of carbonyl (C=O) groups excluding carboxylic acids is 1. The maximum atomic E-state index is 14.7. The Kier molecular flexibility index (Phi) is 6.58. The fourth-order valence-corrected chi connectivity index (χ4v) is 2.96. The summed E-state index contributed by atoms with van der Waals surface area (Å²) < 4.78 is 40.0. The van der Waals surface area contributed by atoms with Gasteiger partial charge in [-0.25, -0.2) is 8.78 Å². The fourth-order valence-electron chi connectivity index (χ4n) is 2.96. The molecule has 0 saturated carbocycles. The summed E-state index contributed by atoms with van der Waals surface area (Å²) in [5.74, 6) is -2.23. The predicted octanol–water partition coefficient (Wildman–Crippen LogP) is 3.90. The molecule has 156 valence electrons. The third-order valence-electron chi connectivity index (χ3n) is 4.45. The molecular weight excluding hydrogens is 392 g/mol. The van der Waals surface area contributed by atoms with Crippen LogP contribution in [0.4, 0.5) is 8.78 Å². The highest BCUT2D eigenvalue weighted by Crippen LogP contribution is 2.30. The van der Waals surface area contributed by atoms with Crippen LogP contribution >= 0.6 is 0 Å². The van der Waals surface area contributed by atoms with E-state index in [0.29, 0.717) is 11.3 Å². The van der Waals surface area contributed by atoms with E-state index in [1.165, 1.54) is 6.26 Å². The van der Waals surface area contributed by atoms with Crippen LogP contribution < -0.4 is 11.1 Å². The minimum absolute atomic E-state index is 0.0639. The second-order valence-electron chi connectivity index (χ2n) is 6.49. The van der Waals surface area contributed by atoms with E-state index < -0.39 is 29.2 Å². The molecule has 1 heterocycles. The van der Waals surface area contributed by atoms with E-state index in [4.69, 9.17) is 20.3 Å². The maximum Gasteiger partial charge on any atom is 0.254 e. The van der Waals surface area contributed by atoms with Crippen molar-refractivity contribution < 1.29 is 22.7 Å². The standard InChI is InChI=1S/C22H21F2N3O3/c1-2-29-20(22(28)27-12-13-5-7-14(8-6-13)21(25)26)19-16(23)10-15(11-17(19)24)18-4-3-9-30-18/h3-11,20H,2,12H2,1H3,(H3,25,26)(H,27,28). The van der Waals surface area contributed by atoms with Gasteiger partial charge in [-0.2, -0.15) is 0 Å². The van der Waals surface area contributed by atoms with Crippen molar-refractivity contribution in [2.45, 2.75) is 19.6 Å². The number of hydrogen-bond acceptors (Lipinski definition) is 4. The molecule has 0 spiro atoms. The summed E-state index contributed by atoms with van der Waals surface area (Å²) in [5.41, 5.74) is 6.46. The molecule has 8 heteroatoms. The third-order valence-corrected chi connectivity index (χ3v) is 4.45. The average Bonchev–Trinajstić information content (AvgIpc) is 3.26. The number of benzene rings is 2. The smallest absolute Gasteiger partial charge is 0.254 e. The van der Waals surface area contributed by atoms with Gasteiger partial charge in [0.2, 0.25) is 0 Å². The Morgan fingerprint density at radius 3 is 2.40 bits per heavy atom. The Hall–Kier alpha value is -3.52. The molecule has 6 nitrogen and oxygen atoms in total. The minimum atomic E-state index is -1.45. The lowest BCUT2D eigenvalue weighted by Gasteiger charge is -2.19. The van der Waals surface area contributed by atoms with Gasteiger partial charge in [-0.05, 0) is 36.8 Å². The van der Waals surface area contributed by atoms with Gasteiger partial charge in [-0.1, -0.05) is 24.3 Å². The largest absolute Gasteiger partial charge is 0.464 e. The molecule has 0 radical (unpaired) electrons. The van der Waals surface area contributed by atoms with E-state index in [9.17, 15) is 13.6 Å². The van der Waals surface area contributed by atoms with Crippen LogP contribution in [0.25, 0.3) is 11.3 Å². The van der Waals surface area contributed by atoms with Crippen molar-refractivity contribution >= 4 is 11.7 Å². The highest BCUT2D eigenvalue weighted by molar-refractivity contribution is 5.94. The number of nitrogen functional groups attached to an aromatic ring is 1. The topological polar surface area (TPSA) is 101 Å². The van der Waals surface area contributed by atoms with Gasteiger partial charge < -0.3 is 20.2 Å². The molecule has 0 aliphatic heterocycles. The van der Waals surface area contributed by atoms with Crippen molar-refractivity contribution in [3.05, 3.63) is 83.1 Å². The van der Waals surface area contributed by atoms with E-state index in [-0.39, 0.29) is 24.6 Å². The summed E-state index contributed by atoms with van der Waals surface area (Å²) in [7, 11) is 0. The van der Waals surface area contributed by atoms with E-state index in [2.05, 4.69) is 5.32 Å². The van der Waals surface area contributed by atoms with Gasteiger partial charge >= 0.3 is 0 Å². The van der Waals surface area contributed by atoms with E-state index in [1.807, 2.05) is 0 Å². The molecule has 1 aromatic heterocycles. The Labute approximate surface area is 172 Å². The number of carbonyl (C=O) groups is 1. The SMILES string of the molecule is CCOC(C(=O)NCc1ccc(C(=N)N)cc1)c1c(F)cc(-c2ccco2)cc1F. The molecule has 0 fully saturated rings. The summed E-state index contributed by atoms with van der Waals surface area (Å²) in [6, 6.07) is 12.1. The maximum absolute atomic E-state index is 14.7. The van der Waals surface area contributed by atoms with Gasteiger partial charge in [0.1, 0.15) is 23.2 Å². The zero-order valence-electron chi connectivity index (χ0n) is 16.2. The van der Waals surface area contributed by atoms with Crippen LogP contribution in [0.5, 0.6) is 0 Å². The van der Waals surface area contributed by atoms with Crippen LogP contribution in [0.3, 0.4) is 0 Å². The van der Waals surface area contributed by atoms with Gasteiger partial charge in [0.15, 0.2) is 6.10 Å². The van der Waals surface area contributed by atoms with Crippen molar-refractivity contribution in [3.8, 4) is 11.3 Å².